The standard InChI is InChI=1S/C38H46N5O8P.CH4.B.H2/c1-24(2)43(25(3)4)52(47-7)51-31-21-33(42-23-40-34-35(42)41-37(39)50-36(34)44)49-32(31)22-48-38(26-11-9-8-10-12-26,27-13-17-29(45-5)18-14-27)28-15-19-30(46-6)20-16-28;;;/h8-20,23-25,31-33H,21-22H2,1-7H3,(H2,39,41);1H4;;1H/t31?,32-,33-,52?;;;/m1.../s1/i;;;1+1. The van der Waals surface area contributed by atoms with Crippen molar-refractivity contribution in [3.05, 3.63) is 112 Å². The number of rotatable bonds is 15. The lowest BCUT2D eigenvalue weighted by Gasteiger charge is -2.38. The molecule has 1 fully saturated rings. The summed E-state index contributed by atoms with van der Waals surface area (Å²) in [5, 5.41) is 0. The molecule has 1 aliphatic heterocycles. The van der Waals surface area contributed by atoms with E-state index in [4.69, 9.17) is 38.1 Å². The van der Waals surface area contributed by atoms with E-state index in [1.165, 1.54) is 6.33 Å². The molecule has 0 amide bonds. The van der Waals surface area contributed by atoms with Gasteiger partial charge in [-0.15, -0.1) is 0 Å². The number of ether oxygens (including phenoxy) is 4. The van der Waals surface area contributed by atoms with Gasteiger partial charge < -0.3 is 38.1 Å². The van der Waals surface area contributed by atoms with E-state index in [-0.39, 0.29) is 53.1 Å². The zero-order valence-corrected chi connectivity index (χ0v) is 31.9. The van der Waals surface area contributed by atoms with Crippen molar-refractivity contribution in [2.45, 2.75) is 77.7 Å². The number of imidazole rings is 1. The van der Waals surface area contributed by atoms with Gasteiger partial charge in [-0.25, -0.2) is 14.4 Å². The van der Waals surface area contributed by atoms with Crippen LogP contribution in [0.25, 0.3) is 11.2 Å². The Labute approximate surface area is 321 Å². The lowest BCUT2D eigenvalue weighted by atomic mass is 9.80. The van der Waals surface area contributed by atoms with Gasteiger partial charge in [0, 0.05) is 35.5 Å². The Morgan fingerprint density at radius 2 is 1.48 bits per heavy atom. The van der Waals surface area contributed by atoms with Gasteiger partial charge in [0.2, 0.25) is 0 Å². The molecule has 13 nitrogen and oxygen atoms in total. The molecular weight excluding hydrogens is 708 g/mol. The fourth-order valence-corrected chi connectivity index (χ4v) is 8.38. The van der Waals surface area contributed by atoms with Gasteiger partial charge in [0.15, 0.2) is 11.2 Å². The molecule has 5 aromatic rings. The van der Waals surface area contributed by atoms with Gasteiger partial charge in [-0.3, -0.25) is 4.57 Å². The Morgan fingerprint density at radius 3 is 2.00 bits per heavy atom. The fraction of sp³-hybridized carbons (Fsp3) is 0.410. The number of methoxy groups -OCH3 is 2. The van der Waals surface area contributed by atoms with Crippen molar-refractivity contribution in [3.8, 4) is 11.5 Å². The van der Waals surface area contributed by atoms with Crippen molar-refractivity contribution in [2.75, 3.05) is 33.7 Å². The third-order valence-corrected chi connectivity index (χ3v) is 11.2. The molecule has 2 unspecified atom stereocenters. The molecule has 0 spiro atoms. The van der Waals surface area contributed by atoms with Gasteiger partial charge >= 0.3 is 5.63 Å². The summed E-state index contributed by atoms with van der Waals surface area (Å²) in [6.07, 6.45) is 0.185. The number of hydrogen-bond donors (Lipinski definition) is 1. The van der Waals surface area contributed by atoms with E-state index in [0.717, 1.165) is 28.2 Å². The Balaban J connectivity index is 0.00000271. The highest BCUT2D eigenvalue weighted by atomic mass is 31.2. The molecule has 1 aliphatic rings. The first kappa shape index (κ1) is 42.4. The quantitative estimate of drug-likeness (QED) is 0.0657. The van der Waals surface area contributed by atoms with Crippen LogP contribution >= 0.6 is 8.53 Å². The van der Waals surface area contributed by atoms with Crippen LogP contribution in [0.5, 0.6) is 11.5 Å². The summed E-state index contributed by atoms with van der Waals surface area (Å²) < 4.78 is 46.8. The van der Waals surface area contributed by atoms with Crippen LogP contribution in [0, 0.1) is 0 Å². The highest BCUT2D eigenvalue weighted by Gasteiger charge is 2.45. The first-order chi connectivity index (χ1) is 25.1. The van der Waals surface area contributed by atoms with Gasteiger partial charge in [-0.1, -0.05) is 62.0 Å². The average Bonchev–Trinajstić information content (AvgIpc) is 3.76. The number of nitrogens with two attached hydrogens (primary N) is 1. The first-order valence-electron chi connectivity index (χ1n) is 17.2. The van der Waals surface area contributed by atoms with Crippen molar-refractivity contribution in [2.24, 2.45) is 0 Å². The summed E-state index contributed by atoms with van der Waals surface area (Å²) in [7, 11) is 3.44. The molecule has 3 heterocycles. The Bertz CT molecular complexity index is 1930. The van der Waals surface area contributed by atoms with E-state index >= 15 is 0 Å². The van der Waals surface area contributed by atoms with Crippen molar-refractivity contribution < 1.29 is 33.8 Å². The molecule has 3 radical (unpaired) electrons. The molecular formula is C39H52BN5O8P. The minimum Gasteiger partial charge on any atom is -0.497 e. The maximum Gasteiger partial charge on any atom is 0.368 e. The number of fused-ring (bicyclic) bond motifs is 1. The highest BCUT2D eigenvalue weighted by Crippen LogP contribution is 2.50. The molecule has 0 saturated carbocycles. The van der Waals surface area contributed by atoms with Gasteiger partial charge in [0.1, 0.15) is 29.4 Å². The molecule has 4 atom stereocenters. The summed E-state index contributed by atoms with van der Waals surface area (Å²) in [6.45, 7) is 8.56. The van der Waals surface area contributed by atoms with Crippen LogP contribution in [0.2, 0.25) is 0 Å². The molecule has 289 valence electrons. The number of nitrogens with zero attached hydrogens (tertiary/aromatic N) is 4. The molecule has 1 saturated heterocycles. The van der Waals surface area contributed by atoms with Crippen LogP contribution in [-0.2, 0) is 24.1 Å². The monoisotopic (exact) mass is 761 g/mol. The largest absolute Gasteiger partial charge is 0.497 e. The summed E-state index contributed by atoms with van der Waals surface area (Å²) >= 11 is 0. The second-order valence-electron chi connectivity index (χ2n) is 13.0. The SMILES string of the molecule is C.COc1ccc(C(OC[C@H]2O[C@@H](n3cnc4c(=O)oc(N)nc43)CC2OP(OC)N(C(C)C)C(C)C)(c2ccccc2)c2ccc(OC)cc2)cc1.[2HH].[B]. The molecule has 15 heteroatoms. The summed E-state index contributed by atoms with van der Waals surface area (Å²) in [4.78, 5) is 21.1. The van der Waals surface area contributed by atoms with E-state index in [1.54, 1.807) is 25.9 Å². The van der Waals surface area contributed by atoms with Gasteiger partial charge in [-0.2, -0.15) is 4.98 Å². The third-order valence-electron chi connectivity index (χ3n) is 9.13. The molecule has 2 aromatic heterocycles. The van der Waals surface area contributed by atoms with Crippen LogP contribution in [0.1, 0.15) is 65.9 Å². The minimum atomic E-state index is -1.50. The van der Waals surface area contributed by atoms with E-state index in [1.807, 2.05) is 78.9 Å². The number of nitrogen functional groups attached to an aromatic ring is 1. The van der Waals surface area contributed by atoms with Gasteiger partial charge in [0.25, 0.3) is 14.5 Å². The second kappa shape index (κ2) is 18.4. The highest BCUT2D eigenvalue weighted by molar-refractivity contribution is 7.44. The summed E-state index contributed by atoms with van der Waals surface area (Å²) in [5.74, 6) is 1.44. The van der Waals surface area contributed by atoms with Crippen molar-refractivity contribution in [1.29, 1.82) is 0 Å². The van der Waals surface area contributed by atoms with Crippen LogP contribution < -0.4 is 20.8 Å². The van der Waals surface area contributed by atoms with Crippen molar-refractivity contribution in [3.63, 3.8) is 0 Å². The molecule has 0 bridgehead atoms. The zero-order valence-electron chi connectivity index (χ0n) is 31.0. The van der Waals surface area contributed by atoms with E-state index in [0.29, 0.717) is 6.42 Å². The predicted octanol–water partition coefficient (Wildman–Crippen LogP) is 7.16. The van der Waals surface area contributed by atoms with Crippen LogP contribution in [0.3, 0.4) is 0 Å². The predicted molar refractivity (Wildman–Crippen MR) is 213 cm³/mol. The zero-order chi connectivity index (χ0) is 37.0. The smallest absolute Gasteiger partial charge is 0.368 e. The molecule has 2 N–H and O–H groups in total. The minimum absolute atomic E-state index is 0. The second-order valence-corrected chi connectivity index (χ2v) is 14.5. The van der Waals surface area contributed by atoms with E-state index < -0.39 is 38.2 Å². The van der Waals surface area contributed by atoms with Crippen molar-refractivity contribution >= 4 is 34.1 Å². The maximum absolute atomic E-state index is 12.6. The number of hydrogen-bond acceptors (Lipinski definition) is 12. The first-order valence-corrected chi connectivity index (χ1v) is 18.3. The third kappa shape index (κ3) is 8.49. The van der Waals surface area contributed by atoms with Crippen LogP contribution in [-0.4, -0.2) is 79.8 Å². The Hall–Kier alpha value is -4.30. The van der Waals surface area contributed by atoms with Gasteiger partial charge in [-0.05, 0) is 68.7 Å². The lowest BCUT2D eigenvalue weighted by Crippen LogP contribution is -2.39. The Morgan fingerprint density at radius 1 is 0.926 bits per heavy atom. The normalized spacial score (nSPS) is 17.8. The number of aromatic nitrogens is 3. The topological polar surface area (TPSA) is 146 Å². The van der Waals surface area contributed by atoms with Gasteiger partial charge in [0.05, 0.1) is 33.3 Å². The number of benzene rings is 3. The summed E-state index contributed by atoms with van der Waals surface area (Å²) in [5.41, 5.74) is 7.07. The maximum atomic E-state index is 12.6. The Kier molecular flexibility index (Phi) is 14.4. The average molecular weight is 762 g/mol. The van der Waals surface area contributed by atoms with Crippen molar-refractivity contribution in [1.82, 2.24) is 19.2 Å². The number of anilines is 1. The van der Waals surface area contributed by atoms with Crippen LogP contribution in [0.15, 0.2) is 94.4 Å². The molecule has 54 heavy (non-hydrogen) atoms. The summed E-state index contributed by atoms with van der Waals surface area (Å²) in [6, 6.07) is 25.8. The van der Waals surface area contributed by atoms with E-state index in [9.17, 15) is 4.79 Å². The molecule has 6 rings (SSSR count). The fourth-order valence-electron chi connectivity index (χ4n) is 6.79. The molecule has 0 aliphatic carbocycles. The van der Waals surface area contributed by atoms with E-state index in [2.05, 4.69) is 42.3 Å². The lowest BCUT2D eigenvalue weighted by molar-refractivity contribution is -0.0910. The molecule has 3 aromatic carbocycles. The van der Waals surface area contributed by atoms with Crippen LogP contribution in [0.4, 0.5) is 6.01 Å².